The van der Waals surface area contributed by atoms with Gasteiger partial charge in [-0.1, -0.05) is 11.6 Å². The molecule has 3 aromatic heterocycles. The van der Waals surface area contributed by atoms with E-state index >= 15 is 0 Å². The van der Waals surface area contributed by atoms with E-state index in [1.165, 1.54) is 0 Å². The molecule has 0 atom stereocenters. The lowest BCUT2D eigenvalue weighted by Gasteiger charge is -2.03. The normalized spacial score (nSPS) is 11.3. The Balaban J connectivity index is 2.10. The largest absolute Gasteiger partial charge is 0.444 e. The van der Waals surface area contributed by atoms with Gasteiger partial charge in [0, 0.05) is 6.20 Å². The van der Waals surface area contributed by atoms with Crippen molar-refractivity contribution in [2.75, 3.05) is 0 Å². The van der Waals surface area contributed by atoms with Crippen LogP contribution in [-0.2, 0) is 12.4 Å². The summed E-state index contributed by atoms with van der Waals surface area (Å²) in [6.45, 7) is 2.30. The van der Waals surface area contributed by atoms with Crippen LogP contribution in [0.2, 0.25) is 5.02 Å². The van der Waals surface area contributed by atoms with E-state index in [0.29, 0.717) is 28.8 Å². The third kappa shape index (κ3) is 2.31. The zero-order chi connectivity index (χ0) is 13.4. The first-order chi connectivity index (χ1) is 9.17. The number of aryl methyl sites for hydroxylation is 1. The Labute approximate surface area is 119 Å². The Morgan fingerprint density at radius 1 is 1.32 bits per heavy atom. The number of imidazole rings is 1. The van der Waals surface area contributed by atoms with E-state index in [9.17, 15) is 0 Å². The van der Waals surface area contributed by atoms with E-state index < -0.39 is 0 Å². The maximum atomic E-state index is 5.92. The van der Waals surface area contributed by atoms with Crippen LogP contribution in [0.25, 0.3) is 11.2 Å². The lowest BCUT2D eigenvalue weighted by molar-refractivity contribution is 0.457. The highest BCUT2D eigenvalue weighted by Crippen LogP contribution is 2.20. The highest BCUT2D eigenvalue weighted by molar-refractivity contribution is 6.31. The fourth-order valence-corrected chi connectivity index (χ4v) is 2.27. The minimum atomic E-state index is 0.285. The van der Waals surface area contributed by atoms with Crippen molar-refractivity contribution in [3.8, 4) is 0 Å². The van der Waals surface area contributed by atoms with Crippen molar-refractivity contribution < 1.29 is 4.42 Å². The van der Waals surface area contributed by atoms with Crippen LogP contribution in [0.5, 0.6) is 0 Å². The number of aromatic nitrogens is 4. The fraction of sp³-hybridized carbons (Fsp3) is 0.250. The lowest BCUT2D eigenvalue weighted by atomic mass is 10.4. The van der Waals surface area contributed by atoms with Gasteiger partial charge in [-0.3, -0.25) is 0 Å². The highest BCUT2D eigenvalue weighted by Gasteiger charge is 2.14. The number of rotatable bonds is 3. The summed E-state index contributed by atoms with van der Waals surface area (Å²) in [6.07, 6.45) is 3.26. The first-order valence-electron chi connectivity index (χ1n) is 5.65. The predicted molar refractivity (Wildman–Crippen MR) is 72.4 cm³/mol. The number of fused-ring (bicyclic) bond motifs is 1. The smallest absolute Gasteiger partial charge is 0.214 e. The van der Waals surface area contributed by atoms with Gasteiger partial charge in [0.05, 0.1) is 17.1 Å². The van der Waals surface area contributed by atoms with Crippen LogP contribution in [0.4, 0.5) is 0 Å². The minimum Gasteiger partial charge on any atom is -0.444 e. The second-order valence-corrected chi connectivity index (χ2v) is 4.81. The number of hydrogen-bond donors (Lipinski definition) is 0. The molecule has 3 rings (SSSR count). The molecule has 98 valence electrons. The molecule has 0 amide bonds. The number of pyridine rings is 1. The van der Waals surface area contributed by atoms with Crippen LogP contribution in [0, 0.1) is 6.92 Å². The van der Waals surface area contributed by atoms with Crippen LogP contribution in [0.1, 0.15) is 17.5 Å². The average Bonchev–Trinajstić information content (AvgIpc) is 2.94. The summed E-state index contributed by atoms with van der Waals surface area (Å²) in [5.74, 6) is 2.36. The molecule has 0 aromatic carbocycles. The van der Waals surface area contributed by atoms with Crippen molar-refractivity contribution in [3.05, 3.63) is 41.0 Å². The zero-order valence-corrected chi connectivity index (χ0v) is 11.6. The summed E-state index contributed by atoms with van der Waals surface area (Å²) in [7, 11) is 0. The lowest BCUT2D eigenvalue weighted by Crippen LogP contribution is -2.04. The molecule has 0 saturated carbocycles. The minimum absolute atomic E-state index is 0.285. The summed E-state index contributed by atoms with van der Waals surface area (Å²) < 4.78 is 7.35. The molecule has 19 heavy (non-hydrogen) atoms. The average molecular weight is 297 g/mol. The van der Waals surface area contributed by atoms with Crippen LogP contribution in [0.3, 0.4) is 0 Å². The molecule has 0 aliphatic heterocycles. The van der Waals surface area contributed by atoms with Crippen molar-refractivity contribution in [1.82, 2.24) is 19.5 Å². The molecule has 0 bridgehead atoms. The van der Waals surface area contributed by atoms with E-state index in [0.717, 1.165) is 11.4 Å². The standard InChI is InChI=1S/C12H10Cl2N4O/c1-7-4-15-11(19-7)6-18-10(3-13)17-9-2-8(14)5-16-12(9)18/h2,4-5H,3,6H2,1H3. The SMILES string of the molecule is Cc1cnc(Cn2c(CCl)nc3cc(Cl)cnc32)o1. The van der Waals surface area contributed by atoms with Gasteiger partial charge in [-0.2, -0.15) is 0 Å². The first-order valence-corrected chi connectivity index (χ1v) is 6.56. The van der Waals surface area contributed by atoms with Crippen LogP contribution < -0.4 is 0 Å². The third-order valence-electron chi connectivity index (χ3n) is 2.71. The summed E-state index contributed by atoms with van der Waals surface area (Å²) >= 11 is 11.8. The van der Waals surface area contributed by atoms with Gasteiger partial charge >= 0.3 is 0 Å². The van der Waals surface area contributed by atoms with Crippen molar-refractivity contribution >= 4 is 34.4 Å². The third-order valence-corrected chi connectivity index (χ3v) is 3.16. The number of nitrogens with zero attached hydrogens (tertiary/aromatic N) is 4. The summed E-state index contributed by atoms with van der Waals surface area (Å²) in [5.41, 5.74) is 1.43. The van der Waals surface area contributed by atoms with Gasteiger partial charge in [-0.25, -0.2) is 15.0 Å². The zero-order valence-electron chi connectivity index (χ0n) is 10.1. The van der Waals surface area contributed by atoms with Gasteiger partial charge in [-0.15, -0.1) is 11.6 Å². The Kier molecular flexibility index (Phi) is 3.16. The van der Waals surface area contributed by atoms with E-state index in [1.54, 1.807) is 18.5 Å². The van der Waals surface area contributed by atoms with E-state index in [2.05, 4.69) is 15.0 Å². The predicted octanol–water partition coefficient (Wildman–Crippen LogP) is 3.17. The molecule has 7 heteroatoms. The molecule has 3 heterocycles. The quantitative estimate of drug-likeness (QED) is 0.697. The van der Waals surface area contributed by atoms with Crippen molar-refractivity contribution in [3.63, 3.8) is 0 Å². The number of halogens is 2. The summed E-state index contributed by atoms with van der Waals surface area (Å²) in [6, 6.07) is 1.76. The summed E-state index contributed by atoms with van der Waals surface area (Å²) in [5, 5.41) is 0.547. The Morgan fingerprint density at radius 2 is 2.16 bits per heavy atom. The van der Waals surface area contributed by atoms with E-state index in [4.69, 9.17) is 27.6 Å². The van der Waals surface area contributed by atoms with E-state index in [-0.39, 0.29) is 5.88 Å². The highest BCUT2D eigenvalue weighted by atomic mass is 35.5. The second kappa shape index (κ2) is 4.83. The Bertz CT molecular complexity index is 734. The van der Waals surface area contributed by atoms with Gasteiger partial charge in [0.1, 0.15) is 23.6 Å². The van der Waals surface area contributed by atoms with Gasteiger partial charge in [0.25, 0.3) is 0 Å². The molecule has 0 N–H and O–H groups in total. The molecule has 0 fully saturated rings. The van der Waals surface area contributed by atoms with Crippen LogP contribution in [0.15, 0.2) is 22.9 Å². The Morgan fingerprint density at radius 3 is 2.84 bits per heavy atom. The summed E-state index contributed by atoms with van der Waals surface area (Å²) in [4.78, 5) is 12.9. The number of alkyl halides is 1. The molecular formula is C12H10Cl2N4O. The van der Waals surface area contributed by atoms with Crippen molar-refractivity contribution in [2.45, 2.75) is 19.3 Å². The fourth-order valence-electron chi connectivity index (χ4n) is 1.91. The first kappa shape index (κ1) is 12.4. The molecule has 0 aliphatic rings. The molecule has 0 unspecified atom stereocenters. The van der Waals surface area contributed by atoms with Gasteiger partial charge in [0.2, 0.25) is 5.89 Å². The van der Waals surface area contributed by atoms with Crippen LogP contribution in [-0.4, -0.2) is 19.5 Å². The molecular weight excluding hydrogens is 287 g/mol. The molecule has 0 saturated heterocycles. The number of hydrogen-bond acceptors (Lipinski definition) is 4. The maximum Gasteiger partial charge on any atom is 0.214 e. The second-order valence-electron chi connectivity index (χ2n) is 4.11. The molecule has 0 aliphatic carbocycles. The molecule has 0 radical (unpaired) electrons. The van der Waals surface area contributed by atoms with Crippen molar-refractivity contribution in [2.24, 2.45) is 0 Å². The van der Waals surface area contributed by atoms with E-state index in [1.807, 2.05) is 11.5 Å². The maximum absolute atomic E-state index is 5.92. The topological polar surface area (TPSA) is 56.7 Å². The van der Waals surface area contributed by atoms with Gasteiger partial charge < -0.3 is 8.98 Å². The van der Waals surface area contributed by atoms with Crippen molar-refractivity contribution in [1.29, 1.82) is 0 Å². The molecule has 5 nitrogen and oxygen atoms in total. The Hall–Kier alpha value is -1.59. The number of oxazole rings is 1. The van der Waals surface area contributed by atoms with Crippen LogP contribution >= 0.6 is 23.2 Å². The van der Waals surface area contributed by atoms with Gasteiger partial charge in [-0.05, 0) is 13.0 Å². The monoisotopic (exact) mass is 296 g/mol. The molecule has 3 aromatic rings. The van der Waals surface area contributed by atoms with Gasteiger partial charge in [0.15, 0.2) is 5.65 Å². The molecule has 0 spiro atoms.